The first-order valence-electron chi connectivity index (χ1n) is 5.46. The predicted octanol–water partition coefficient (Wildman–Crippen LogP) is 1.73. The molecule has 0 fully saturated rings. The molecule has 0 amide bonds. The quantitative estimate of drug-likeness (QED) is 0.603. The summed E-state index contributed by atoms with van der Waals surface area (Å²) in [6.45, 7) is 1.70. The fourth-order valence-electron chi connectivity index (χ4n) is 1.45. The topological polar surface area (TPSA) is 75.4 Å². The Hall–Kier alpha value is -1.60. The minimum atomic E-state index is -1.20. The first kappa shape index (κ1) is 14.5. The van der Waals surface area contributed by atoms with Gasteiger partial charge in [0.05, 0.1) is 11.5 Å². The molecule has 0 bridgehead atoms. The van der Waals surface area contributed by atoms with Crippen molar-refractivity contribution >= 4 is 5.69 Å². The fraction of sp³-hybridized carbons (Fsp3) is 0.455. The van der Waals surface area contributed by atoms with Gasteiger partial charge in [-0.1, -0.05) is 6.92 Å². The van der Waals surface area contributed by atoms with Gasteiger partial charge < -0.3 is 10.4 Å². The van der Waals surface area contributed by atoms with Crippen molar-refractivity contribution in [3.63, 3.8) is 0 Å². The zero-order valence-electron chi connectivity index (χ0n) is 9.82. The zero-order chi connectivity index (χ0) is 13.7. The second-order valence-electron chi connectivity index (χ2n) is 3.82. The Labute approximate surface area is 103 Å². The normalized spacial score (nSPS) is 12.4. The van der Waals surface area contributed by atoms with Crippen molar-refractivity contribution in [2.45, 2.75) is 25.9 Å². The molecule has 100 valence electrons. The number of nitro groups is 1. The Bertz CT molecular complexity index is 437. The average molecular weight is 260 g/mol. The highest BCUT2D eigenvalue weighted by atomic mass is 19.1. The van der Waals surface area contributed by atoms with Crippen molar-refractivity contribution in [1.29, 1.82) is 0 Å². The van der Waals surface area contributed by atoms with Crippen LogP contribution >= 0.6 is 0 Å². The molecule has 5 nitrogen and oxygen atoms in total. The lowest BCUT2D eigenvalue weighted by molar-refractivity contribution is -0.387. The third-order valence-electron chi connectivity index (χ3n) is 2.61. The summed E-state index contributed by atoms with van der Waals surface area (Å²) < 4.78 is 26.5. The minimum Gasteiger partial charge on any atom is -0.395 e. The number of nitrogens with one attached hydrogen (secondary N) is 1. The van der Waals surface area contributed by atoms with Crippen LogP contribution in [0.2, 0.25) is 0 Å². The van der Waals surface area contributed by atoms with Gasteiger partial charge in [0.1, 0.15) is 5.82 Å². The molecule has 1 rings (SSSR count). The number of rotatable bonds is 6. The first-order chi connectivity index (χ1) is 8.49. The molecule has 0 aliphatic heterocycles. The third kappa shape index (κ3) is 3.44. The second-order valence-corrected chi connectivity index (χ2v) is 3.82. The van der Waals surface area contributed by atoms with E-state index in [9.17, 15) is 18.9 Å². The van der Waals surface area contributed by atoms with E-state index >= 15 is 0 Å². The number of nitrogens with zero attached hydrogens (tertiary/aromatic N) is 1. The number of nitro benzene ring substituents is 1. The van der Waals surface area contributed by atoms with Gasteiger partial charge in [0.25, 0.3) is 0 Å². The summed E-state index contributed by atoms with van der Waals surface area (Å²) in [6, 6.07) is 1.13. The number of hydrogen-bond acceptors (Lipinski definition) is 4. The molecule has 18 heavy (non-hydrogen) atoms. The van der Waals surface area contributed by atoms with Crippen LogP contribution in [0.3, 0.4) is 0 Å². The summed E-state index contributed by atoms with van der Waals surface area (Å²) in [7, 11) is 0. The SMILES string of the molecule is CCC(CO)NCc1cc([N+](=O)[O-])c(F)cc1F. The van der Waals surface area contributed by atoms with E-state index in [0.717, 1.165) is 6.07 Å². The van der Waals surface area contributed by atoms with Gasteiger partial charge in [0.2, 0.25) is 5.82 Å². The van der Waals surface area contributed by atoms with Gasteiger partial charge in [-0.25, -0.2) is 4.39 Å². The standard InChI is InChI=1S/C11H14F2N2O3/c1-2-8(6-16)14-5-7-3-11(15(17)18)10(13)4-9(7)12/h3-4,8,14,16H,2,5-6H2,1H3. The third-order valence-corrected chi connectivity index (χ3v) is 2.61. The summed E-state index contributed by atoms with van der Waals surface area (Å²) in [6.07, 6.45) is 0.626. The lowest BCUT2D eigenvalue weighted by atomic mass is 10.1. The minimum absolute atomic E-state index is 0.00463. The molecule has 1 aromatic carbocycles. The lowest BCUT2D eigenvalue weighted by Crippen LogP contribution is -2.31. The van der Waals surface area contributed by atoms with E-state index in [-0.39, 0.29) is 24.8 Å². The van der Waals surface area contributed by atoms with Gasteiger partial charge in [0.15, 0.2) is 0 Å². The van der Waals surface area contributed by atoms with Crippen LogP contribution in [-0.2, 0) is 6.54 Å². The maximum Gasteiger partial charge on any atom is 0.305 e. The highest BCUT2D eigenvalue weighted by molar-refractivity contribution is 5.37. The molecule has 2 N–H and O–H groups in total. The Balaban J connectivity index is 2.88. The number of aliphatic hydroxyl groups is 1. The molecule has 0 heterocycles. The molecule has 0 spiro atoms. The summed E-state index contributed by atoms with van der Waals surface area (Å²) in [5.41, 5.74) is -0.764. The van der Waals surface area contributed by atoms with E-state index in [1.54, 1.807) is 0 Å². The first-order valence-corrected chi connectivity index (χ1v) is 5.46. The van der Waals surface area contributed by atoms with Gasteiger partial charge in [-0.3, -0.25) is 10.1 Å². The molecule has 0 aromatic heterocycles. The summed E-state index contributed by atoms with van der Waals surface area (Å²) in [4.78, 5) is 9.62. The molecule has 0 radical (unpaired) electrons. The molecular formula is C11H14F2N2O3. The van der Waals surface area contributed by atoms with E-state index < -0.39 is 22.2 Å². The van der Waals surface area contributed by atoms with Gasteiger partial charge in [-0.2, -0.15) is 4.39 Å². The summed E-state index contributed by atoms with van der Waals surface area (Å²) in [5.74, 6) is -2.05. The number of halogens is 2. The monoisotopic (exact) mass is 260 g/mol. The molecule has 0 saturated heterocycles. The van der Waals surface area contributed by atoms with Crippen molar-refractivity contribution in [2.75, 3.05) is 6.61 Å². The van der Waals surface area contributed by atoms with E-state index in [1.807, 2.05) is 6.92 Å². The van der Waals surface area contributed by atoms with Gasteiger partial charge in [0, 0.05) is 30.3 Å². The van der Waals surface area contributed by atoms with Crippen LogP contribution in [0.1, 0.15) is 18.9 Å². The highest BCUT2D eigenvalue weighted by Crippen LogP contribution is 2.21. The maximum absolute atomic E-state index is 13.4. The van der Waals surface area contributed by atoms with Crippen LogP contribution in [0.15, 0.2) is 12.1 Å². The molecule has 1 aromatic rings. The predicted molar refractivity (Wildman–Crippen MR) is 61.0 cm³/mol. The van der Waals surface area contributed by atoms with Crippen LogP contribution < -0.4 is 5.32 Å². The molecule has 1 unspecified atom stereocenters. The molecule has 0 aliphatic carbocycles. The molecule has 7 heteroatoms. The molecule has 1 atom stereocenters. The Kier molecular flexibility index (Phi) is 5.11. The number of aliphatic hydroxyl groups excluding tert-OH is 1. The molecular weight excluding hydrogens is 246 g/mol. The average Bonchev–Trinajstić information content (AvgIpc) is 2.32. The van der Waals surface area contributed by atoms with Crippen LogP contribution in [0.5, 0.6) is 0 Å². The second kappa shape index (κ2) is 6.36. The van der Waals surface area contributed by atoms with Crippen molar-refractivity contribution in [3.05, 3.63) is 39.4 Å². The van der Waals surface area contributed by atoms with E-state index in [4.69, 9.17) is 5.11 Å². The van der Waals surface area contributed by atoms with Gasteiger partial charge >= 0.3 is 5.69 Å². The van der Waals surface area contributed by atoms with E-state index in [1.165, 1.54) is 0 Å². The lowest BCUT2D eigenvalue weighted by Gasteiger charge is -2.14. The fourth-order valence-corrected chi connectivity index (χ4v) is 1.45. The van der Waals surface area contributed by atoms with Crippen molar-refractivity contribution in [3.8, 4) is 0 Å². The van der Waals surface area contributed by atoms with Gasteiger partial charge in [-0.05, 0) is 6.42 Å². The molecule has 0 aliphatic rings. The van der Waals surface area contributed by atoms with Gasteiger partial charge in [-0.15, -0.1) is 0 Å². The Morgan fingerprint density at radius 3 is 2.61 bits per heavy atom. The van der Waals surface area contributed by atoms with Crippen LogP contribution in [0.25, 0.3) is 0 Å². The van der Waals surface area contributed by atoms with Crippen molar-refractivity contribution in [2.24, 2.45) is 0 Å². The largest absolute Gasteiger partial charge is 0.395 e. The van der Waals surface area contributed by atoms with Crippen molar-refractivity contribution in [1.82, 2.24) is 5.32 Å². The highest BCUT2D eigenvalue weighted by Gasteiger charge is 2.18. The Morgan fingerprint density at radius 1 is 1.44 bits per heavy atom. The van der Waals surface area contributed by atoms with Crippen molar-refractivity contribution < 1.29 is 18.8 Å². The maximum atomic E-state index is 13.4. The molecule has 0 saturated carbocycles. The summed E-state index contributed by atoms with van der Waals surface area (Å²) >= 11 is 0. The summed E-state index contributed by atoms with van der Waals surface area (Å²) in [5, 5.41) is 22.3. The number of hydrogen-bond donors (Lipinski definition) is 2. The number of benzene rings is 1. The van der Waals surface area contributed by atoms with E-state index in [2.05, 4.69) is 5.32 Å². The van der Waals surface area contributed by atoms with E-state index in [0.29, 0.717) is 12.5 Å². The Morgan fingerprint density at radius 2 is 2.11 bits per heavy atom. The smallest absolute Gasteiger partial charge is 0.305 e. The van der Waals surface area contributed by atoms with Crippen LogP contribution in [-0.4, -0.2) is 22.7 Å². The van der Waals surface area contributed by atoms with Crippen LogP contribution in [0, 0.1) is 21.7 Å². The van der Waals surface area contributed by atoms with Crippen LogP contribution in [0.4, 0.5) is 14.5 Å². The zero-order valence-corrected chi connectivity index (χ0v) is 9.82.